The lowest BCUT2D eigenvalue weighted by Gasteiger charge is -2.20. The van der Waals surface area contributed by atoms with Crippen LogP contribution < -0.4 is 10.9 Å². The number of alkyl halides is 3. The number of rotatable bonds is 4. The van der Waals surface area contributed by atoms with Crippen molar-refractivity contribution in [3.63, 3.8) is 0 Å². The number of pyridine rings is 1. The highest BCUT2D eigenvalue weighted by atomic mass is 19.4. The van der Waals surface area contributed by atoms with E-state index in [2.05, 4.69) is 5.32 Å². The summed E-state index contributed by atoms with van der Waals surface area (Å²) in [7, 11) is 0. The highest BCUT2D eigenvalue weighted by molar-refractivity contribution is 5.76. The Morgan fingerprint density at radius 3 is 2.82 bits per heavy atom. The molecule has 0 saturated carbocycles. The summed E-state index contributed by atoms with van der Waals surface area (Å²) in [6.45, 7) is 1.95. The first kappa shape index (κ1) is 16.5. The maximum absolute atomic E-state index is 12.6. The summed E-state index contributed by atoms with van der Waals surface area (Å²) in [4.78, 5) is 23.5. The molecule has 2 unspecified atom stereocenters. The first-order chi connectivity index (χ1) is 10.3. The number of aromatic nitrogens is 1. The minimum absolute atomic E-state index is 0.0952. The molecule has 0 radical (unpaired) electrons. The molecule has 8 heteroatoms. The summed E-state index contributed by atoms with van der Waals surface area (Å²) in [5, 5.41) is 2.65. The lowest BCUT2D eigenvalue weighted by molar-refractivity contribution is -0.138. The maximum Gasteiger partial charge on any atom is 0.417 e. The molecule has 2 rings (SSSR count). The number of ether oxygens (including phenoxy) is 1. The van der Waals surface area contributed by atoms with E-state index in [1.165, 1.54) is 0 Å². The molecule has 1 fully saturated rings. The number of hydrogen-bond acceptors (Lipinski definition) is 3. The van der Waals surface area contributed by atoms with E-state index in [0.717, 1.165) is 23.5 Å². The Balaban J connectivity index is 2.03. The van der Waals surface area contributed by atoms with Gasteiger partial charge in [-0.05, 0) is 25.8 Å². The normalized spacial score (nSPS) is 19.9. The van der Waals surface area contributed by atoms with E-state index in [4.69, 9.17) is 4.74 Å². The van der Waals surface area contributed by atoms with Gasteiger partial charge in [0.25, 0.3) is 5.56 Å². The zero-order valence-electron chi connectivity index (χ0n) is 12.0. The van der Waals surface area contributed by atoms with Crippen LogP contribution in [0.25, 0.3) is 0 Å². The first-order valence-corrected chi connectivity index (χ1v) is 6.96. The molecule has 2 heterocycles. The van der Waals surface area contributed by atoms with E-state index >= 15 is 0 Å². The predicted octanol–water partition coefficient (Wildman–Crippen LogP) is 1.55. The third-order valence-electron chi connectivity index (χ3n) is 3.54. The van der Waals surface area contributed by atoms with E-state index in [-0.39, 0.29) is 12.1 Å². The molecule has 1 aliphatic rings. The Hall–Kier alpha value is -1.83. The minimum Gasteiger partial charge on any atom is -0.376 e. The maximum atomic E-state index is 12.6. The summed E-state index contributed by atoms with van der Waals surface area (Å²) < 4.78 is 44.0. The number of hydrogen-bond donors (Lipinski definition) is 1. The smallest absolute Gasteiger partial charge is 0.376 e. The number of carbonyl (C=O) groups is 1. The molecule has 22 heavy (non-hydrogen) atoms. The molecular formula is C14H17F3N2O3. The number of nitrogens with zero attached hydrogens (tertiary/aromatic N) is 1. The zero-order valence-corrected chi connectivity index (χ0v) is 12.0. The standard InChI is InChI=1S/C14H17F3N2O3/c1-9(11-3-2-6-22-11)18-12(20)8-19-7-10(14(15,16)17)4-5-13(19)21/h4-5,7,9,11H,2-3,6,8H2,1H3,(H,18,20). The van der Waals surface area contributed by atoms with Crippen molar-refractivity contribution in [3.8, 4) is 0 Å². The van der Waals surface area contributed by atoms with Crippen LogP contribution in [0.2, 0.25) is 0 Å². The third-order valence-corrected chi connectivity index (χ3v) is 3.54. The molecule has 1 amide bonds. The molecule has 1 aromatic rings. The fourth-order valence-electron chi connectivity index (χ4n) is 2.37. The lowest BCUT2D eigenvalue weighted by Crippen LogP contribution is -2.43. The molecule has 0 aromatic carbocycles. The van der Waals surface area contributed by atoms with Crippen LogP contribution in [0.4, 0.5) is 13.2 Å². The Kier molecular flexibility index (Phi) is 4.90. The molecule has 1 aliphatic heterocycles. The van der Waals surface area contributed by atoms with Crippen LogP contribution >= 0.6 is 0 Å². The Bertz CT molecular complexity index is 592. The van der Waals surface area contributed by atoms with Crippen molar-refractivity contribution >= 4 is 5.91 Å². The van der Waals surface area contributed by atoms with Crippen molar-refractivity contribution < 1.29 is 22.7 Å². The summed E-state index contributed by atoms with van der Waals surface area (Å²) >= 11 is 0. The molecule has 1 aromatic heterocycles. The van der Waals surface area contributed by atoms with Gasteiger partial charge in [0, 0.05) is 18.9 Å². The van der Waals surface area contributed by atoms with Crippen molar-refractivity contribution in [2.24, 2.45) is 0 Å². The van der Waals surface area contributed by atoms with Crippen molar-refractivity contribution in [3.05, 3.63) is 34.2 Å². The van der Waals surface area contributed by atoms with Gasteiger partial charge in [-0.3, -0.25) is 9.59 Å². The van der Waals surface area contributed by atoms with Crippen molar-refractivity contribution in [2.45, 2.75) is 44.6 Å². The second-order valence-corrected chi connectivity index (χ2v) is 5.29. The van der Waals surface area contributed by atoms with Crippen LogP contribution in [0.15, 0.2) is 23.1 Å². The fraction of sp³-hybridized carbons (Fsp3) is 0.571. The second kappa shape index (κ2) is 6.51. The van der Waals surface area contributed by atoms with Crippen LogP contribution in [0.5, 0.6) is 0 Å². The Labute approximate surface area is 125 Å². The average Bonchev–Trinajstić information content (AvgIpc) is 2.94. The summed E-state index contributed by atoms with van der Waals surface area (Å²) in [6, 6.07) is 1.25. The number of nitrogens with one attached hydrogen (secondary N) is 1. The predicted molar refractivity (Wildman–Crippen MR) is 72.3 cm³/mol. The van der Waals surface area contributed by atoms with Gasteiger partial charge in [-0.2, -0.15) is 13.2 Å². The van der Waals surface area contributed by atoms with Gasteiger partial charge in [-0.25, -0.2) is 0 Å². The highest BCUT2D eigenvalue weighted by Crippen LogP contribution is 2.27. The topological polar surface area (TPSA) is 60.3 Å². The Morgan fingerprint density at radius 1 is 1.50 bits per heavy atom. The molecule has 5 nitrogen and oxygen atoms in total. The van der Waals surface area contributed by atoms with E-state index in [9.17, 15) is 22.8 Å². The highest BCUT2D eigenvalue weighted by Gasteiger charge is 2.31. The van der Waals surface area contributed by atoms with Gasteiger partial charge in [0.15, 0.2) is 0 Å². The van der Waals surface area contributed by atoms with Crippen LogP contribution in [0.1, 0.15) is 25.3 Å². The van der Waals surface area contributed by atoms with E-state index in [1.807, 2.05) is 0 Å². The SMILES string of the molecule is CC(NC(=O)Cn1cc(C(F)(F)F)ccc1=O)C1CCCO1. The molecular weight excluding hydrogens is 301 g/mol. The van der Waals surface area contributed by atoms with E-state index in [0.29, 0.717) is 18.9 Å². The van der Waals surface area contributed by atoms with Gasteiger partial charge < -0.3 is 14.6 Å². The molecule has 0 aliphatic carbocycles. The van der Waals surface area contributed by atoms with Gasteiger partial charge >= 0.3 is 6.18 Å². The van der Waals surface area contributed by atoms with Crippen LogP contribution in [-0.2, 0) is 22.3 Å². The average molecular weight is 318 g/mol. The zero-order chi connectivity index (χ0) is 16.3. The molecule has 1 N–H and O–H groups in total. The molecule has 1 saturated heterocycles. The van der Waals surface area contributed by atoms with Gasteiger partial charge in [-0.1, -0.05) is 0 Å². The minimum atomic E-state index is -4.56. The van der Waals surface area contributed by atoms with E-state index < -0.39 is 29.8 Å². The van der Waals surface area contributed by atoms with Crippen LogP contribution in [0.3, 0.4) is 0 Å². The third kappa shape index (κ3) is 4.09. The first-order valence-electron chi connectivity index (χ1n) is 6.96. The Morgan fingerprint density at radius 2 is 2.23 bits per heavy atom. The number of halogens is 3. The second-order valence-electron chi connectivity index (χ2n) is 5.29. The van der Waals surface area contributed by atoms with Crippen LogP contribution in [0, 0.1) is 0 Å². The molecule has 0 bridgehead atoms. The van der Waals surface area contributed by atoms with Crippen molar-refractivity contribution in [1.29, 1.82) is 0 Å². The summed E-state index contributed by atoms with van der Waals surface area (Å²) in [5.41, 5.74) is -1.63. The molecule has 0 spiro atoms. The van der Waals surface area contributed by atoms with Crippen molar-refractivity contribution in [1.82, 2.24) is 9.88 Å². The van der Waals surface area contributed by atoms with Crippen LogP contribution in [-0.4, -0.2) is 29.2 Å². The quantitative estimate of drug-likeness (QED) is 0.916. The van der Waals surface area contributed by atoms with Gasteiger partial charge in [0.1, 0.15) is 6.54 Å². The summed E-state index contributed by atoms with van der Waals surface area (Å²) in [6.07, 6.45) is -2.26. The largest absolute Gasteiger partial charge is 0.417 e. The van der Waals surface area contributed by atoms with Gasteiger partial charge in [0.2, 0.25) is 5.91 Å². The molecule has 122 valence electrons. The van der Waals surface area contributed by atoms with Gasteiger partial charge in [-0.15, -0.1) is 0 Å². The van der Waals surface area contributed by atoms with Crippen molar-refractivity contribution in [2.75, 3.05) is 6.61 Å². The van der Waals surface area contributed by atoms with E-state index in [1.54, 1.807) is 6.92 Å². The number of carbonyl (C=O) groups excluding carboxylic acids is 1. The number of amides is 1. The monoisotopic (exact) mass is 318 g/mol. The summed E-state index contributed by atoms with van der Waals surface area (Å²) in [5.74, 6) is -0.524. The lowest BCUT2D eigenvalue weighted by atomic mass is 10.1. The fourth-order valence-corrected chi connectivity index (χ4v) is 2.37. The van der Waals surface area contributed by atoms with Gasteiger partial charge in [0.05, 0.1) is 17.7 Å². The molecule has 2 atom stereocenters.